The molecule has 0 aliphatic carbocycles. The number of methoxy groups -OCH3 is 1. The molecular formula is C21H18N2O5. The molecule has 2 aromatic carbocycles. The van der Waals surface area contributed by atoms with Crippen molar-refractivity contribution in [1.82, 2.24) is 4.57 Å². The first-order chi connectivity index (χ1) is 13.5. The van der Waals surface area contributed by atoms with Crippen LogP contribution in [-0.4, -0.2) is 33.8 Å². The summed E-state index contributed by atoms with van der Waals surface area (Å²) in [5.74, 6) is -1.53. The Morgan fingerprint density at radius 3 is 2.61 bits per heavy atom. The fourth-order valence-electron chi connectivity index (χ4n) is 3.63. The summed E-state index contributed by atoms with van der Waals surface area (Å²) in [6, 6.07) is 14.3. The van der Waals surface area contributed by atoms with Gasteiger partial charge in [-0.3, -0.25) is 4.79 Å². The van der Waals surface area contributed by atoms with Crippen molar-refractivity contribution in [2.45, 2.75) is 12.3 Å². The average molecular weight is 378 g/mol. The van der Waals surface area contributed by atoms with E-state index in [1.807, 2.05) is 30.3 Å². The Hall–Kier alpha value is -3.74. The van der Waals surface area contributed by atoms with Crippen molar-refractivity contribution in [3.8, 4) is 17.2 Å². The second-order valence-corrected chi connectivity index (χ2v) is 6.55. The van der Waals surface area contributed by atoms with E-state index in [-0.39, 0.29) is 29.3 Å². The van der Waals surface area contributed by atoms with Crippen LogP contribution in [0.15, 0.2) is 54.7 Å². The van der Waals surface area contributed by atoms with Crippen LogP contribution >= 0.6 is 0 Å². The van der Waals surface area contributed by atoms with E-state index in [1.54, 1.807) is 22.8 Å². The SMILES string of the molecule is COc1ccc([C@@H]2CC(=O)Nc3c(C(=O)O)cn(-c4ccccc4)c32)cc1O. The van der Waals surface area contributed by atoms with Crippen molar-refractivity contribution >= 4 is 17.6 Å². The van der Waals surface area contributed by atoms with Gasteiger partial charge in [-0.2, -0.15) is 0 Å². The number of carboxylic acid groups (broad SMARTS) is 1. The van der Waals surface area contributed by atoms with Gasteiger partial charge in [0.15, 0.2) is 11.5 Å². The van der Waals surface area contributed by atoms with Crippen molar-refractivity contribution in [2.24, 2.45) is 0 Å². The number of ether oxygens (including phenoxy) is 1. The van der Waals surface area contributed by atoms with Crippen LogP contribution in [0.3, 0.4) is 0 Å². The molecule has 1 atom stereocenters. The number of nitrogens with one attached hydrogen (secondary N) is 1. The molecule has 4 rings (SSSR count). The van der Waals surface area contributed by atoms with Crippen molar-refractivity contribution in [1.29, 1.82) is 0 Å². The average Bonchev–Trinajstić information content (AvgIpc) is 3.07. The summed E-state index contributed by atoms with van der Waals surface area (Å²) < 4.78 is 6.88. The van der Waals surface area contributed by atoms with Crippen molar-refractivity contribution in [2.75, 3.05) is 12.4 Å². The number of anilines is 1. The van der Waals surface area contributed by atoms with Crippen LogP contribution in [0, 0.1) is 0 Å². The highest BCUT2D eigenvalue weighted by atomic mass is 16.5. The molecule has 3 aromatic rings. The number of carbonyl (C=O) groups excluding carboxylic acids is 1. The number of para-hydroxylation sites is 1. The summed E-state index contributed by atoms with van der Waals surface area (Å²) in [6.45, 7) is 0. The Labute approximate surface area is 160 Å². The number of aromatic carboxylic acids is 1. The minimum absolute atomic E-state index is 0.0228. The molecule has 7 nitrogen and oxygen atoms in total. The van der Waals surface area contributed by atoms with E-state index in [2.05, 4.69) is 5.32 Å². The maximum absolute atomic E-state index is 12.3. The number of hydrogen-bond acceptors (Lipinski definition) is 4. The van der Waals surface area contributed by atoms with E-state index in [0.29, 0.717) is 17.0 Å². The van der Waals surface area contributed by atoms with Crippen LogP contribution in [0.2, 0.25) is 0 Å². The number of benzene rings is 2. The van der Waals surface area contributed by atoms with Gasteiger partial charge >= 0.3 is 5.97 Å². The molecule has 0 unspecified atom stereocenters. The van der Waals surface area contributed by atoms with Gasteiger partial charge in [-0.15, -0.1) is 0 Å². The Kier molecular flexibility index (Phi) is 4.27. The van der Waals surface area contributed by atoms with Crippen LogP contribution in [-0.2, 0) is 4.79 Å². The lowest BCUT2D eigenvalue weighted by Gasteiger charge is -2.26. The number of phenols is 1. The standard InChI is InChI=1S/C21H18N2O5/c1-28-17-8-7-12(9-16(17)24)14-10-18(25)22-19-15(21(26)27)11-23(20(14)19)13-5-3-2-4-6-13/h2-9,11,14,24H,10H2,1H3,(H,22,25)(H,26,27)/t14-/m0/s1. The van der Waals surface area contributed by atoms with Gasteiger partial charge in [-0.05, 0) is 29.8 Å². The maximum atomic E-state index is 12.3. The minimum Gasteiger partial charge on any atom is -0.504 e. The molecule has 0 spiro atoms. The first-order valence-corrected chi connectivity index (χ1v) is 8.70. The lowest BCUT2D eigenvalue weighted by atomic mass is 9.88. The summed E-state index contributed by atoms with van der Waals surface area (Å²) in [7, 11) is 1.46. The normalized spacial score (nSPS) is 15.6. The van der Waals surface area contributed by atoms with Crippen LogP contribution in [0.25, 0.3) is 5.69 Å². The van der Waals surface area contributed by atoms with Gasteiger partial charge in [-0.1, -0.05) is 24.3 Å². The van der Waals surface area contributed by atoms with Crippen LogP contribution in [0.1, 0.15) is 34.0 Å². The lowest BCUT2D eigenvalue weighted by Crippen LogP contribution is -2.25. The van der Waals surface area contributed by atoms with Gasteiger partial charge < -0.3 is 24.8 Å². The number of carbonyl (C=O) groups is 2. The van der Waals surface area contributed by atoms with E-state index in [1.165, 1.54) is 13.3 Å². The molecule has 0 fully saturated rings. The van der Waals surface area contributed by atoms with E-state index < -0.39 is 11.9 Å². The molecule has 0 saturated heterocycles. The topological polar surface area (TPSA) is 101 Å². The predicted octanol–water partition coefficient (Wildman–Crippen LogP) is 3.36. The molecule has 28 heavy (non-hydrogen) atoms. The number of aromatic hydroxyl groups is 1. The van der Waals surface area contributed by atoms with E-state index in [0.717, 1.165) is 5.69 Å². The summed E-state index contributed by atoms with van der Waals surface area (Å²) in [6.07, 6.45) is 1.65. The van der Waals surface area contributed by atoms with Crippen LogP contribution in [0.4, 0.5) is 5.69 Å². The fourth-order valence-corrected chi connectivity index (χ4v) is 3.63. The highest BCUT2D eigenvalue weighted by Gasteiger charge is 2.34. The van der Waals surface area contributed by atoms with Crippen LogP contribution < -0.4 is 10.1 Å². The van der Waals surface area contributed by atoms with E-state index >= 15 is 0 Å². The van der Waals surface area contributed by atoms with Crippen LogP contribution in [0.5, 0.6) is 11.5 Å². The van der Waals surface area contributed by atoms with E-state index in [4.69, 9.17) is 4.74 Å². The number of hydrogen-bond donors (Lipinski definition) is 3. The Morgan fingerprint density at radius 2 is 1.96 bits per heavy atom. The van der Waals surface area contributed by atoms with Crippen molar-refractivity contribution in [3.05, 3.63) is 71.5 Å². The highest BCUT2D eigenvalue weighted by Crippen LogP contribution is 2.43. The number of carboxylic acids is 1. The number of aromatic nitrogens is 1. The molecule has 0 saturated carbocycles. The first-order valence-electron chi connectivity index (χ1n) is 8.70. The summed E-state index contributed by atoms with van der Waals surface area (Å²) >= 11 is 0. The van der Waals surface area contributed by atoms with Crippen molar-refractivity contribution < 1.29 is 24.5 Å². The maximum Gasteiger partial charge on any atom is 0.339 e. The number of rotatable bonds is 4. The highest BCUT2D eigenvalue weighted by molar-refractivity contribution is 6.04. The molecule has 142 valence electrons. The molecule has 1 aliphatic rings. The summed E-state index contributed by atoms with van der Waals surface area (Å²) in [5, 5.41) is 22.5. The first kappa shape index (κ1) is 17.7. The zero-order valence-corrected chi connectivity index (χ0v) is 15.0. The number of nitrogens with zero attached hydrogens (tertiary/aromatic N) is 1. The van der Waals surface area contributed by atoms with Crippen molar-refractivity contribution in [3.63, 3.8) is 0 Å². The van der Waals surface area contributed by atoms with Gasteiger partial charge in [0.05, 0.1) is 18.5 Å². The Morgan fingerprint density at radius 1 is 1.21 bits per heavy atom. The van der Waals surface area contributed by atoms with Gasteiger partial charge in [0.2, 0.25) is 5.91 Å². The van der Waals surface area contributed by atoms with Gasteiger partial charge in [0, 0.05) is 24.2 Å². The van der Waals surface area contributed by atoms with Gasteiger partial charge in [0.1, 0.15) is 5.56 Å². The smallest absolute Gasteiger partial charge is 0.339 e. The largest absolute Gasteiger partial charge is 0.504 e. The molecule has 3 N–H and O–H groups in total. The third-order valence-corrected chi connectivity index (χ3v) is 4.90. The third kappa shape index (κ3) is 2.87. The molecule has 0 bridgehead atoms. The monoisotopic (exact) mass is 378 g/mol. The molecule has 2 heterocycles. The summed E-state index contributed by atoms with van der Waals surface area (Å²) in [5.41, 5.74) is 2.45. The molecule has 1 aliphatic heterocycles. The molecule has 1 amide bonds. The fraction of sp³-hybridized carbons (Fsp3) is 0.143. The number of fused-ring (bicyclic) bond motifs is 1. The Bertz CT molecular complexity index is 1070. The summed E-state index contributed by atoms with van der Waals surface area (Å²) in [4.78, 5) is 24.1. The molecule has 0 radical (unpaired) electrons. The predicted molar refractivity (Wildman–Crippen MR) is 102 cm³/mol. The number of phenolic OH excluding ortho intramolecular Hbond substituents is 1. The number of amides is 1. The zero-order valence-electron chi connectivity index (χ0n) is 15.0. The third-order valence-electron chi connectivity index (χ3n) is 4.90. The van der Waals surface area contributed by atoms with E-state index in [9.17, 15) is 19.8 Å². The quantitative estimate of drug-likeness (QED) is 0.646. The molecule has 7 heteroatoms. The molecule has 1 aromatic heterocycles. The van der Waals surface area contributed by atoms with Gasteiger partial charge in [0.25, 0.3) is 0 Å². The lowest BCUT2D eigenvalue weighted by molar-refractivity contribution is -0.116. The molecular weight excluding hydrogens is 360 g/mol. The zero-order chi connectivity index (χ0) is 19.8. The second-order valence-electron chi connectivity index (χ2n) is 6.55. The second kappa shape index (κ2) is 6.77. The Balaban J connectivity index is 1.94. The van der Waals surface area contributed by atoms with Gasteiger partial charge in [-0.25, -0.2) is 4.79 Å². The minimum atomic E-state index is -1.12.